The van der Waals surface area contributed by atoms with Crippen LogP contribution >= 0.6 is 24.0 Å². The molecule has 29 heavy (non-hydrogen) atoms. The number of nitrogens with zero attached hydrogens (tertiary/aromatic N) is 2. The highest BCUT2D eigenvalue weighted by atomic mass is 127. The second kappa shape index (κ2) is 15.3. The Kier molecular flexibility index (Phi) is 14.5. The quantitative estimate of drug-likeness (QED) is 0.202. The van der Waals surface area contributed by atoms with Crippen molar-refractivity contribution < 1.29 is 14.3 Å². The molecule has 0 spiro atoms. The Bertz CT molecular complexity index is 636. The SMILES string of the molecule is CCN(CC)CCCC(C)NC(=NC)NCc1ccc(OC)c(C(=O)OC)c1.I. The number of benzene rings is 1. The predicted molar refractivity (Wildman–Crippen MR) is 130 cm³/mol. The first-order chi connectivity index (χ1) is 13.5. The van der Waals surface area contributed by atoms with Gasteiger partial charge in [-0.25, -0.2) is 4.79 Å². The average Bonchev–Trinajstić information content (AvgIpc) is 2.73. The van der Waals surface area contributed by atoms with Crippen LogP contribution in [-0.4, -0.2) is 63.8 Å². The van der Waals surface area contributed by atoms with E-state index in [1.54, 1.807) is 19.2 Å². The number of nitrogens with one attached hydrogen (secondary N) is 2. The van der Waals surface area contributed by atoms with Gasteiger partial charge in [-0.05, 0) is 57.1 Å². The fraction of sp³-hybridized carbons (Fsp3) is 0.619. The number of halogens is 1. The molecule has 1 aromatic carbocycles. The van der Waals surface area contributed by atoms with Crippen LogP contribution in [0.2, 0.25) is 0 Å². The number of guanidine groups is 1. The lowest BCUT2D eigenvalue weighted by Crippen LogP contribution is -2.42. The first kappa shape index (κ1) is 27.5. The number of methoxy groups -OCH3 is 2. The summed E-state index contributed by atoms with van der Waals surface area (Å²) in [6, 6.07) is 5.79. The molecule has 166 valence electrons. The van der Waals surface area contributed by atoms with Crippen molar-refractivity contribution in [2.45, 2.75) is 46.2 Å². The minimum atomic E-state index is -0.414. The fourth-order valence-corrected chi connectivity index (χ4v) is 2.98. The van der Waals surface area contributed by atoms with Crippen molar-refractivity contribution in [1.82, 2.24) is 15.5 Å². The smallest absolute Gasteiger partial charge is 0.341 e. The first-order valence-electron chi connectivity index (χ1n) is 9.93. The maximum atomic E-state index is 11.9. The van der Waals surface area contributed by atoms with Crippen LogP contribution in [0.25, 0.3) is 0 Å². The third-order valence-electron chi connectivity index (χ3n) is 4.74. The second-order valence-electron chi connectivity index (χ2n) is 6.67. The van der Waals surface area contributed by atoms with E-state index in [0.717, 1.165) is 44.0 Å². The van der Waals surface area contributed by atoms with Gasteiger partial charge in [0.15, 0.2) is 5.96 Å². The van der Waals surface area contributed by atoms with Crippen molar-refractivity contribution in [3.05, 3.63) is 29.3 Å². The number of carbonyl (C=O) groups excluding carboxylic acids is 1. The lowest BCUT2D eigenvalue weighted by atomic mass is 10.1. The number of aliphatic imine (C=N–C) groups is 1. The van der Waals surface area contributed by atoms with E-state index in [1.165, 1.54) is 14.2 Å². The van der Waals surface area contributed by atoms with Crippen LogP contribution in [0.4, 0.5) is 0 Å². The van der Waals surface area contributed by atoms with E-state index in [-0.39, 0.29) is 24.0 Å². The summed E-state index contributed by atoms with van der Waals surface area (Å²) in [5, 5.41) is 6.72. The zero-order valence-corrected chi connectivity index (χ0v) is 20.9. The molecule has 0 saturated heterocycles. The van der Waals surface area contributed by atoms with Gasteiger partial charge in [0.05, 0.1) is 14.2 Å². The van der Waals surface area contributed by atoms with Gasteiger partial charge in [-0.15, -0.1) is 24.0 Å². The molecule has 0 bridgehead atoms. The first-order valence-corrected chi connectivity index (χ1v) is 9.93. The van der Waals surface area contributed by atoms with Crippen LogP contribution in [0.5, 0.6) is 5.75 Å². The normalized spacial score (nSPS) is 12.2. The number of hydrogen-bond donors (Lipinski definition) is 2. The van der Waals surface area contributed by atoms with Gasteiger partial charge >= 0.3 is 5.97 Å². The van der Waals surface area contributed by atoms with Crippen LogP contribution in [0.15, 0.2) is 23.2 Å². The van der Waals surface area contributed by atoms with E-state index in [2.05, 4.69) is 41.3 Å². The highest BCUT2D eigenvalue weighted by molar-refractivity contribution is 14.0. The van der Waals surface area contributed by atoms with Gasteiger partial charge in [-0.3, -0.25) is 4.99 Å². The number of rotatable bonds is 11. The van der Waals surface area contributed by atoms with E-state index < -0.39 is 5.97 Å². The Morgan fingerprint density at radius 1 is 1.24 bits per heavy atom. The fourth-order valence-electron chi connectivity index (χ4n) is 2.98. The summed E-state index contributed by atoms with van der Waals surface area (Å²) >= 11 is 0. The van der Waals surface area contributed by atoms with Gasteiger partial charge in [-0.1, -0.05) is 19.9 Å². The molecular formula is C21H37IN4O3. The van der Waals surface area contributed by atoms with Crippen molar-refractivity contribution in [3.8, 4) is 5.75 Å². The lowest BCUT2D eigenvalue weighted by molar-refractivity contribution is 0.0597. The Labute approximate surface area is 192 Å². The van der Waals surface area contributed by atoms with Crippen LogP contribution in [-0.2, 0) is 11.3 Å². The highest BCUT2D eigenvalue weighted by Crippen LogP contribution is 2.20. The van der Waals surface area contributed by atoms with Crippen molar-refractivity contribution in [1.29, 1.82) is 0 Å². The Morgan fingerprint density at radius 3 is 2.48 bits per heavy atom. The summed E-state index contributed by atoms with van der Waals surface area (Å²) in [7, 11) is 4.65. The summed E-state index contributed by atoms with van der Waals surface area (Å²) in [6.07, 6.45) is 2.22. The van der Waals surface area contributed by atoms with Gasteiger partial charge in [-0.2, -0.15) is 0 Å². The van der Waals surface area contributed by atoms with Gasteiger partial charge in [0.25, 0.3) is 0 Å². The summed E-state index contributed by atoms with van der Waals surface area (Å²) in [6.45, 7) is 10.4. The zero-order chi connectivity index (χ0) is 20.9. The minimum Gasteiger partial charge on any atom is -0.496 e. The highest BCUT2D eigenvalue weighted by Gasteiger charge is 2.14. The van der Waals surface area contributed by atoms with Crippen molar-refractivity contribution in [2.75, 3.05) is 40.9 Å². The molecule has 7 nitrogen and oxygen atoms in total. The molecular weight excluding hydrogens is 483 g/mol. The lowest BCUT2D eigenvalue weighted by Gasteiger charge is -2.21. The van der Waals surface area contributed by atoms with Crippen LogP contribution in [0, 0.1) is 0 Å². The summed E-state index contributed by atoms with van der Waals surface area (Å²) in [5.41, 5.74) is 1.36. The summed E-state index contributed by atoms with van der Waals surface area (Å²) in [4.78, 5) is 18.6. The monoisotopic (exact) mass is 520 g/mol. The molecule has 1 atom stereocenters. The molecule has 0 aliphatic carbocycles. The third kappa shape index (κ3) is 9.66. The number of hydrogen-bond acceptors (Lipinski definition) is 5. The Morgan fingerprint density at radius 2 is 1.93 bits per heavy atom. The molecule has 0 radical (unpaired) electrons. The molecule has 1 rings (SSSR count). The number of ether oxygens (including phenoxy) is 2. The zero-order valence-electron chi connectivity index (χ0n) is 18.6. The molecule has 2 N–H and O–H groups in total. The van der Waals surface area contributed by atoms with Crippen molar-refractivity contribution >= 4 is 35.9 Å². The Hall–Kier alpha value is -1.55. The van der Waals surface area contributed by atoms with Gasteiger partial charge in [0.1, 0.15) is 11.3 Å². The van der Waals surface area contributed by atoms with E-state index >= 15 is 0 Å². The molecule has 0 fully saturated rings. The molecule has 0 heterocycles. The molecule has 8 heteroatoms. The molecule has 0 saturated carbocycles. The van der Waals surface area contributed by atoms with Crippen LogP contribution in [0.1, 0.15) is 49.5 Å². The maximum absolute atomic E-state index is 11.9. The second-order valence-corrected chi connectivity index (χ2v) is 6.67. The topological polar surface area (TPSA) is 75.2 Å². The average molecular weight is 520 g/mol. The van der Waals surface area contributed by atoms with E-state index in [9.17, 15) is 4.79 Å². The molecule has 0 aliphatic heterocycles. The third-order valence-corrected chi connectivity index (χ3v) is 4.74. The van der Waals surface area contributed by atoms with Gasteiger partial charge < -0.3 is 25.0 Å². The van der Waals surface area contributed by atoms with E-state index in [1.807, 2.05) is 6.07 Å². The Balaban J connectivity index is 0.00000784. The maximum Gasteiger partial charge on any atom is 0.341 e. The summed E-state index contributed by atoms with van der Waals surface area (Å²) < 4.78 is 10.1. The number of esters is 1. The van der Waals surface area contributed by atoms with Gasteiger partial charge in [0.2, 0.25) is 0 Å². The van der Waals surface area contributed by atoms with Crippen molar-refractivity contribution in [3.63, 3.8) is 0 Å². The minimum absolute atomic E-state index is 0. The van der Waals surface area contributed by atoms with E-state index in [4.69, 9.17) is 9.47 Å². The van der Waals surface area contributed by atoms with Crippen molar-refractivity contribution in [2.24, 2.45) is 4.99 Å². The van der Waals surface area contributed by atoms with Crippen LogP contribution < -0.4 is 15.4 Å². The molecule has 1 aromatic rings. The molecule has 1 unspecified atom stereocenters. The molecule has 0 aliphatic rings. The largest absolute Gasteiger partial charge is 0.496 e. The standard InChI is InChI=1S/C21H36N4O3.HI/c1-7-25(8-2)13-9-10-16(3)24-21(22-4)23-15-17-11-12-19(27-5)18(14-17)20(26)28-6;/h11-12,14,16H,7-10,13,15H2,1-6H3,(H2,22,23,24);1H. The van der Waals surface area contributed by atoms with Crippen LogP contribution in [0.3, 0.4) is 0 Å². The predicted octanol–water partition coefficient (Wildman–Crippen LogP) is 3.28. The van der Waals surface area contributed by atoms with Gasteiger partial charge in [0, 0.05) is 19.6 Å². The molecule has 0 aromatic heterocycles. The molecule has 0 amide bonds. The number of carbonyl (C=O) groups is 1. The summed E-state index contributed by atoms with van der Waals surface area (Å²) in [5.74, 6) is 0.828. The van der Waals surface area contributed by atoms with E-state index in [0.29, 0.717) is 23.9 Å².